The summed E-state index contributed by atoms with van der Waals surface area (Å²) in [5, 5.41) is 12.0. The second-order valence-corrected chi connectivity index (χ2v) is 8.12. The molecule has 0 spiro atoms. The molecule has 2 aromatic heterocycles. The summed E-state index contributed by atoms with van der Waals surface area (Å²) in [5.41, 5.74) is 0.342. The van der Waals surface area contributed by atoms with Gasteiger partial charge in [0.05, 0.1) is 29.8 Å². The minimum Gasteiger partial charge on any atom is -0.497 e. The number of carbonyl (C=O) groups is 2. The average molecular weight is 453 g/mol. The zero-order valence-electron chi connectivity index (χ0n) is 15.7. The van der Waals surface area contributed by atoms with Gasteiger partial charge in [-0.2, -0.15) is 0 Å². The minimum absolute atomic E-state index is 0.00501. The number of thiophene rings is 1. The lowest BCUT2D eigenvalue weighted by Gasteiger charge is -2.09. The smallest absolute Gasteiger partial charge is 0.297 e. The third-order valence-corrected chi connectivity index (χ3v) is 6.08. The van der Waals surface area contributed by atoms with Crippen molar-refractivity contribution in [1.29, 1.82) is 0 Å². The number of hydrogen-bond donors (Lipinski definition) is 2. The van der Waals surface area contributed by atoms with Gasteiger partial charge in [0.1, 0.15) is 17.4 Å². The number of aliphatic hydroxyl groups excluding tert-OH is 1. The van der Waals surface area contributed by atoms with Crippen molar-refractivity contribution in [2.75, 3.05) is 19.5 Å². The van der Waals surface area contributed by atoms with Crippen LogP contribution in [0.5, 0.6) is 5.75 Å². The molecule has 3 aromatic rings. The average Bonchev–Trinajstić information content (AvgIpc) is 3.24. The molecule has 11 heteroatoms. The number of halogens is 2. The van der Waals surface area contributed by atoms with E-state index in [4.69, 9.17) is 9.84 Å². The maximum Gasteiger partial charge on any atom is 0.297 e. The molecule has 1 amide bonds. The largest absolute Gasteiger partial charge is 0.497 e. The number of amides is 1. The second kappa shape index (κ2) is 9.92. The number of rotatable bonds is 9. The third-order valence-electron chi connectivity index (χ3n) is 3.96. The highest BCUT2D eigenvalue weighted by Crippen LogP contribution is 2.31. The van der Waals surface area contributed by atoms with Crippen LogP contribution < -0.4 is 10.1 Å². The number of benzene rings is 1. The first kappa shape index (κ1) is 22.1. The van der Waals surface area contributed by atoms with Crippen LogP contribution in [0.2, 0.25) is 0 Å². The molecule has 0 radical (unpaired) electrons. The SMILES string of the molecule is COc1ccc2nc(C(F)F)nc(SCC(=O)c3ccc(CNC(=O)CO)s3)c2c1. The van der Waals surface area contributed by atoms with Crippen LogP contribution in [0.4, 0.5) is 8.78 Å². The highest BCUT2D eigenvalue weighted by molar-refractivity contribution is 8.00. The lowest BCUT2D eigenvalue weighted by Crippen LogP contribution is -2.25. The molecular formula is C19H17F2N3O4S2. The number of ketones is 1. The maximum absolute atomic E-state index is 13.2. The lowest BCUT2D eigenvalue weighted by atomic mass is 10.2. The van der Waals surface area contributed by atoms with Crippen molar-refractivity contribution in [2.45, 2.75) is 18.0 Å². The lowest BCUT2D eigenvalue weighted by molar-refractivity contribution is -0.123. The first-order valence-electron chi connectivity index (χ1n) is 8.67. The number of aliphatic hydroxyl groups is 1. The molecule has 2 N–H and O–H groups in total. The fourth-order valence-corrected chi connectivity index (χ4v) is 4.38. The van der Waals surface area contributed by atoms with Gasteiger partial charge >= 0.3 is 0 Å². The molecule has 0 fully saturated rings. The van der Waals surface area contributed by atoms with E-state index in [0.717, 1.165) is 16.6 Å². The van der Waals surface area contributed by atoms with Crippen molar-refractivity contribution in [3.63, 3.8) is 0 Å². The molecule has 158 valence electrons. The number of nitrogens with one attached hydrogen (secondary N) is 1. The summed E-state index contributed by atoms with van der Waals surface area (Å²) >= 11 is 2.26. The molecule has 30 heavy (non-hydrogen) atoms. The van der Waals surface area contributed by atoms with E-state index in [1.165, 1.54) is 18.4 Å². The predicted octanol–water partition coefficient (Wildman–Crippen LogP) is 3.22. The van der Waals surface area contributed by atoms with Crippen LogP contribution >= 0.6 is 23.1 Å². The van der Waals surface area contributed by atoms with E-state index in [1.54, 1.807) is 30.3 Å². The van der Waals surface area contributed by atoms with Gasteiger partial charge in [0.15, 0.2) is 11.6 Å². The molecule has 0 unspecified atom stereocenters. The summed E-state index contributed by atoms with van der Waals surface area (Å²) in [7, 11) is 1.49. The molecule has 0 saturated heterocycles. The van der Waals surface area contributed by atoms with Crippen LogP contribution in [-0.2, 0) is 11.3 Å². The van der Waals surface area contributed by atoms with E-state index in [1.807, 2.05) is 0 Å². The zero-order valence-corrected chi connectivity index (χ0v) is 17.4. The Labute approximate surface area is 178 Å². The Morgan fingerprint density at radius 2 is 2.07 bits per heavy atom. The summed E-state index contributed by atoms with van der Waals surface area (Å²) in [5.74, 6) is -0.780. The van der Waals surface area contributed by atoms with Gasteiger partial charge in [0.25, 0.3) is 6.43 Å². The highest BCUT2D eigenvalue weighted by Gasteiger charge is 2.18. The van der Waals surface area contributed by atoms with Crippen LogP contribution in [0.1, 0.15) is 26.8 Å². The number of hydrogen-bond acceptors (Lipinski definition) is 8. The second-order valence-electron chi connectivity index (χ2n) is 5.98. The predicted molar refractivity (Wildman–Crippen MR) is 109 cm³/mol. The number of alkyl halides is 2. The fourth-order valence-electron chi connectivity index (χ4n) is 2.50. The van der Waals surface area contributed by atoms with Gasteiger partial charge in [-0.1, -0.05) is 11.8 Å². The molecule has 2 heterocycles. The molecule has 0 atom stereocenters. The Morgan fingerprint density at radius 1 is 1.27 bits per heavy atom. The number of carbonyl (C=O) groups excluding carboxylic acids is 2. The molecule has 3 rings (SSSR count). The van der Waals surface area contributed by atoms with Crippen molar-refractivity contribution >= 4 is 45.7 Å². The normalized spacial score (nSPS) is 11.1. The zero-order chi connectivity index (χ0) is 21.7. The molecule has 7 nitrogen and oxygen atoms in total. The highest BCUT2D eigenvalue weighted by atomic mass is 32.2. The number of thioether (sulfide) groups is 1. The van der Waals surface area contributed by atoms with Crippen molar-refractivity contribution in [1.82, 2.24) is 15.3 Å². The van der Waals surface area contributed by atoms with Crippen molar-refractivity contribution in [3.05, 3.63) is 45.9 Å². The van der Waals surface area contributed by atoms with E-state index in [9.17, 15) is 18.4 Å². The summed E-state index contributed by atoms with van der Waals surface area (Å²) in [6, 6.07) is 8.18. The molecule has 0 bridgehead atoms. The Hall–Kier alpha value is -2.63. The van der Waals surface area contributed by atoms with Gasteiger partial charge in [0, 0.05) is 10.3 Å². The Bertz CT molecular complexity index is 1080. The van der Waals surface area contributed by atoms with Crippen LogP contribution in [0.3, 0.4) is 0 Å². The molecule has 0 aliphatic rings. The minimum atomic E-state index is -2.83. The van der Waals surface area contributed by atoms with Crippen LogP contribution in [-0.4, -0.2) is 46.2 Å². The first-order valence-corrected chi connectivity index (χ1v) is 10.5. The monoisotopic (exact) mass is 453 g/mol. The van der Waals surface area contributed by atoms with E-state index < -0.39 is 24.8 Å². The number of ether oxygens (including phenoxy) is 1. The van der Waals surface area contributed by atoms with E-state index in [2.05, 4.69) is 15.3 Å². The topological polar surface area (TPSA) is 101 Å². The van der Waals surface area contributed by atoms with E-state index in [-0.39, 0.29) is 23.1 Å². The third kappa shape index (κ3) is 5.29. The van der Waals surface area contributed by atoms with Crippen molar-refractivity contribution in [3.8, 4) is 5.75 Å². The molecule has 1 aromatic carbocycles. The Balaban J connectivity index is 1.76. The molecule has 0 aliphatic heterocycles. The molecule has 0 aliphatic carbocycles. The molecular weight excluding hydrogens is 436 g/mol. The van der Waals surface area contributed by atoms with E-state index >= 15 is 0 Å². The standard InChI is InChI=1S/C19H17F2N3O4S2/c1-28-10-2-4-13-12(6-10)19(24-18(23-13)17(20)21)29-9-14(26)15-5-3-11(30-15)7-22-16(27)8-25/h2-6,17,25H,7-9H2,1H3,(H,22,27). The van der Waals surface area contributed by atoms with Gasteiger partial charge < -0.3 is 15.2 Å². The van der Waals surface area contributed by atoms with Crippen LogP contribution in [0.25, 0.3) is 10.9 Å². The summed E-state index contributed by atoms with van der Waals surface area (Å²) < 4.78 is 31.5. The number of aromatic nitrogens is 2. The van der Waals surface area contributed by atoms with E-state index in [0.29, 0.717) is 21.5 Å². The quantitative estimate of drug-likeness (QED) is 0.291. The summed E-state index contributed by atoms with van der Waals surface area (Å²) in [4.78, 5) is 32.7. The van der Waals surface area contributed by atoms with Crippen molar-refractivity contribution in [2.24, 2.45) is 0 Å². The Kier molecular flexibility index (Phi) is 7.29. The maximum atomic E-state index is 13.2. The Morgan fingerprint density at radius 3 is 2.77 bits per heavy atom. The fraction of sp³-hybridized carbons (Fsp3) is 0.263. The van der Waals surface area contributed by atoms with Gasteiger partial charge in [0.2, 0.25) is 5.91 Å². The number of methoxy groups -OCH3 is 1. The number of fused-ring (bicyclic) bond motifs is 1. The van der Waals surface area contributed by atoms with Crippen LogP contribution in [0.15, 0.2) is 35.4 Å². The summed E-state index contributed by atoms with van der Waals surface area (Å²) in [6.45, 7) is -0.398. The summed E-state index contributed by atoms with van der Waals surface area (Å²) in [6.07, 6.45) is -2.83. The first-order chi connectivity index (χ1) is 14.4. The van der Waals surface area contributed by atoms with Crippen molar-refractivity contribution < 1.29 is 28.2 Å². The van der Waals surface area contributed by atoms with Crippen LogP contribution in [0, 0.1) is 0 Å². The van der Waals surface area contributed by atoms with Gasteiger partial charge in [-0.15, -0.1) is 11.3 Å². The van der Waals surface area contributed by atoms with Gasteiger partial charge in [-0.3, -0.25) is 9.59 Å². The van der Waals surface area contributed by atoms with Gasteiger partial charge in [-0.05, 0) is 30.3 Å². The number of nitrogens with zero attached hydrogens (tertiary/aromatic N) is 2. The molecule has 0 saturated carbocycles. The number of Topliss-reactive ketones (excluding diaryl/α,β-unsaturated/α-hetero) is 1. The van der Waals surface area contributed by atoms with Gasteiger partial charge in [-0.25, -0.2) is 18.7 Å².